The van der Waals surface area contributed by atoms with E-state index in [9.17, 15) is 4.79 Å². The fourth-order valence-electron chi connectivity index (χ4n) is 2.27. The van der Waals surface area contributed by atoms with Crippen LogP contribution in [0.25, 0.3) is 0 Å². The zero-order valence-electron chi connectivity index (χ0n) is 13.5. The number of aryl methyl sites for hydroxylation is 1. The van der Waals surface area contributed by atoms with Crippen molar-refractivity contribution >= 4 is 34.7 Å². The predicted molar refractivity (Wildman–Crippen MR) is 102 cm³/mol. The number of amides is 1. The molecule has 0 aliphatic heterocycles. The normalized spacial score (nSPS) is 10.2. The number of anilines is 1. The quantitative estimate of drug-likeness (QED) is 0.655. The third-order valence-corrected chi connectivity index (χ3v) is 5.65. The summed E-state index contributed by atoms with van der Waals surface area (Å²) in [6, 6.07) is 16.5. The van der Waals surface area contributed by atoms with Crippen LogP contribution in [0.2, 0.25) is 0 Å². The number of aromatic nitrogens is 1. The SMILES string of the molecule is Cc1csc(SCc2ccccc2C(=O)Nc2cccc(C#N)c2)n1. The molecule has 0 saturated carbocycles. The second-order valence-electron chi connectivity index (χ2n) is 5.35. The molecule has 0 bridgehead atoms. The van der Waals surface area contributed by atoms with Crippen LogP contribution < -0.4 is 5.32 Å². The van der Waals surface area contributed by atoms with Gasteiger partial charge in [-0.05, 0) is 36.8 Å². The molecule has 0 atom stereocenters. The van der Waals surface area contributed by atoms with E-state index in [-0.39, 0.29) is 5.91 Å². The van der Waals surface area contributed by atoms with Gasteiger partial charge in [-0.2, -0.15) is 5.26 Å². The zero-order valence-corrected chi connectivity index (χ0v) is 15.2. The van der Waals surface area contributed by atoms with Crippen molar-refractivity contribution in [3.8, 4) is 6.07 Å². The molecule has 0 spiro atoms. The summed E-state index contributed by atoms with van der Waals surface area (Å²) in [7, 11) is 0. The lowest BCUT2D eigenvalue weighted by molar-refractivity contribution is 0.102. The van der Waals surface area contributed by atoms with Gasteiger partial charge in [0.15, 0.2) is 0 Å². The minimum absolute atomic E-state index is 0.179. The van der Waals surface area contributed by atoms with E-state index in [4.69, 9.17) is 5.26 Å². The minimum Gasteiger partial charge on any atom is -0.322 e. The van der Waals surface area contributed by atoms with Crippen LogP contribution >= 0.6 is 23.1 Å². The molecule has 25 heavy (non-hydrogen) atoms. The summed E-state index contributed by atoms with van der Waals surface area (Å²) in [6.45, 7) is 1.97. The van der Waals surface area contributed by atoms with Gasteiger partial charge in [0.25, 0.3) is 5.91 Å². The third kappa shape index (κ3) is 4.47. The van der Waals surface area contributed by atoms with E-state index in [2.05, 4.69) is 16.4 Å². The van der Waals surface area contributed by atoms with Crippen LogP contribution in [-0.4, -0.2) is 10.9 Å². The lowest BCUT2D eigenvalue weighted by atomic mass is 10.1. The Morgan fingerprint density at radius 2 is 2.12 bits per heavy atom. The molecule has 4 nitrogen and oxygen atoms in total. The van der Waals surface area contributed by atoms with Crippen LogP contribution in [0.5, 0.6) is 0 Å². The van der Waals surface area contributed by atoms with Crippen LogP contribution in [0.4, 0.5) is 5.69 Å². The highest BCUT2D eigenvalue weighted by Crippen LogP contribution is 2.27. The maximum absolute atomic E-state index is 12.6. The molecule has 1 N–H and O–H groups in total. The summed E-state index contributed by atoms with van der Waals surface area (Å²) in [5, 5.41) is 13.8. The summed E-state index contributed by atoms with van der Waals surface area (Å²) in [5.41, 5.74) is 3.72. The maximum Gasteiger partial charge on any atom is 0.255 e. The van der Waals surface area contributed by atoms with Gasteiger partial charge in [-0.15, -0.1) is 11.3 Å². The van der Waals surface area contributed by atoms with Gasteiger partial charge in [0.2, 0.25) is 0 Å². The van der Waals surface area contributed by atoms with Crippen molar-refractivity contribution in [1.82, 2.24) is 4.98 Å². The lowest BCUT2D eigenvalue weighted by Gasteiger charge is -2.10. The van der Waals surface area contributed by atoms with Crippen LogP contribution in [0.1, 0.15) is 27.2 Å². The average molecular weight is 365 g/mol. The fourth-order valence-corrected chi connectivity index (χ4v) is 4.12. The molecular formula is C19H15N3OS2. The number of thioether (sulfide) groups is 1. The van der Waals surface area contributed by atoms with Gasteiger partial charge in [0.05, 0.1) is 11.6 Å². The van der Waals surface area contributed by atoms with E-state index < -0.39 is 0 Å². The Morgan fingerprint density at radius 3 is 2.88 bits per heavy atom. The Balaban J connectivity index is 1.75. The molecule has 0 fully saturated rings. The van der Waals surface area contributed by atoms with Gasteiger partial charge in [-0.25, -0.2) is 4.98 Å². The molecule has 3 rings (SSSR count). The number of carbonyl (C=O) groups is 1. The Hall–Kier alpha value is -2.62. The molecule has 0 radical (unpaired) electrons. The molecule has 0 aliphatic rings. The molecule has 1 amide bonds. The van der Waals surface area contributed by atoms with Crippen LogP contribution in [0.3, 0.4) is 0 Å². The van der Waals surface area contributed by atoms with Crippen molar-refractivity contribution in [2.24, 2.45) is 0 Å². The maximum atomic E-state index is 12.6. The molecule has 2 aromatic carbocycles. The summed E-state index contributed by atoms with van der Waals surface area (Å²) in [6.07, 6.45) is 0. The summed E-state index contributed by atoms with van der Waals surface area (Å²) in [5.74, 6) is 0.496. The highest BCUT2D eigenvalue weighted by molar-refractivity contribution is 8.00. The first-order valence-corrected chi connectivity index (χ1v) is 9.46. The second-order valence-corrected chi connectivity index (χ2v) is 7.43. The third-order valence-electron chi connectivity index (χ3n) is 3.46. The number of carbonyl (C=O) groups excluding carboxylic acids is 1. The number of hydrogen-bond acceptors (Lipinski definition) is 5. The zero-order chi connectivity index (χ0) is 17.6. The van der Waals surface area contributed by atoms with Gasteiger partial charge in [-0.3, -0.25) is 4.79 Å². The monoisotopic (exact) mass is 365 g/mol. The molecule has 1 aromatic heterocycles. The average Bonchev–Trinajstić information content (AvgIpc) is 3.05. The second kappa shape index (κ2) is 7.97. The van der Waals surface area contributed by atoms with Crippen LogP contribution in [0.15, 0.2) is 58.3 Å². The summed E-state index contributed by atoms with van der Waals surface area (Å²) in [4.78, 5) is 17.1. The molecule has 124 valence electrons. The standard InChI is InChI=1S/C19H15N3OS2/c1-13-11-24-19(21-13)25-12-15-6-2-3-8-17(15)18(23)22-16-7-4-5-14(9-16)10-20/h2-9,11H,12H2,1H3,(H,22,23). The van der Waals surface area contributed by atoms with Crippen molar-refractivity contribution in [3.05, 3.63) is 76.3 Å². The highest BCUT2D eigenvalue weighted by atomic mass is 32.2. The van der Waals surface area contributed by atoms with Crippen molar-refractivity contribution in [1.29, 1.82) is 5.26 Å². The number of benzene rings is 2. The highest BCUT2D eigenvalue weighted by Gasteiger charge is 2.12. The van der Waals surface area contributed by atoms with Gasteiger partial charge in [-0.1, -0.05) is 36.0 Å². The molecular weight excluding hydrogens is 350 g/mol. The molecule has 0 unspecified atom stereocenters. The van der Waals surface area contributed by atoms with E-state index >= 15 is 0 Å². The fraction of sp³-hybridized carbons (Fsp3) is 0.105. The minimum atomic E-state index is -0.179. The molecule has 0 aliphatic carbocycles. The first kappa shape index (κ1) is 17.2. The largest absolute Gasteiger partial charge is 0.322 e. The number of thiazole rings is 1. The van der Waals surface area contributed by atoms with Crippen molar-refractivity contribution < 1.29 is 4.79 Å². The van der Waals surface area contributed by atoms with E-state index in [1.54, 1.807) is 47.4 Å². The lowest BCUT2D eigenvalue weighted by Crippen LogP contribution is -2.14. The molecule has 0 saturated heterocycles. The van der Waals surface area contributed by atoms with Crippen molar-refractivity contribution in [2.75, 3.05) is 5.32 Å². The van der Waals surface area contributed by atoms with E-state index in [0.29, 0.717) is 22.6 Å². The van der Waals surface area contributed by atoms with Crippen molar-refractivity contribution in [3.63, 3.8) is 0 Å². The molecule has 6 heteroatoms. The van der Waals surface area contributed by atoms with Crippen LogP contribution in [0, 0.1) is 18.3 Å². The Morgan fingerprint density at radius 1 is 1.28 bits per heavy atom. The summed E-state index contributed by atoms with van der Waals surface area (Å²) >= 11 is 3.23. The van der Waals surface area contributed by atoms with Gasteiger partial charge < -0.3 is 5.32 Å². The van der Waals surface area contributed by atoms with Gasteiger partial charge in [0.1, 0.15) is 4.34 Å². The van der Waals surface area contributed by atoms with E-state index in [0.717, 1.165) is 15.6 Å². The summed E-state index contributed by atoms with van der Waals surface area (Å²) < 4.78 is 0.995. The smallest absolute Gasteiger partial charge is 0.255 e. The molecule has 3 aromatic rings. The first-order chi connectivity index (χ1) is 12.2. The van der Waals surface area contributed by atoms with Gasteiger partial charge in [0, 0.05) is 28.1 Å². The number of nitriles is 1. The number of hydrogen-bond donors (Lipinski definition) is 1. The number of rotatable bonds is 5. The Kier molecular flexibility index (Phi) is 5.49. The Labute approximate surface area is 154 Å². The van der Waals surface area contributed by atoms with E-state index in [1.165, 1.54) is 0 Å². The van der Waals surface area contributed by atoms with Gasteiger partial charge >= 0.3 is 0 Å². The first-order valence-electron chi connectivity index (χ1n) is 7.60. The molecule has 1 heterocycles. The number of nitrogens with zero attached hydrogens (tertiary/aromatic N) is 2. The predicted octanol–water partition coefficient (Wildman–Crippen LogP) is 4.87. The number of nitrogens with one attached hydrogen (secondary N) is 1. The van der Waals surface area contributed by atoms with E-state index in [1.807, 2.05) is 36.6 Å². The van der Waals surface area contributed by atoms with Crippen LogP contribution in [-0.2, 0) is 5.75 Å². The van der Waals surface area contributed by atoms with Crippen molar-refractivity contribution in [2.45, 2.75) is 17.0 Å². The topological polar surface area (TPSA) is 65.8 Å². The Bertz CT molecular complexity index is 944.